The van der Waals surface area contributed by atoms with Gasteiger partial charge in [0.25, 0.3) is 5.91 Å². The van der Waals surface area contributed by atoms with Crippen LogP contribution in [0.4, 0.5) is 5.69 Å². The molecule has 0 unspecified atom stereocenters. The normalized spacial score (nSPS) is 10.4. The number of ether oxygens (including phenoxy) is 1. The average molecular weight is 401 g/mol. The Balaban J connectivity index is 1.50. The van der Waals surface area contributed by atoms with Crippen molar-refractivity contribution in [1.82, 2.24) is 4.98 Å². The van der Waals surface area contributed by atoms with Gasteiger partial charge in [0.2, 0.25) is 0 Å². The highest BCUT2D eigenvalue weighted by atomic mass is 35.5. The van der Waals surface area contributed by atoms with E-state index in [4.69, 9.17) is 16.3 Å². The molecule has 3 aromatic rings. The number of benzene rings is 2. The Bertz CT molecular complexity index is 954. The number of hydrogen-bond acceptors (Lipinski definition) is 5. The minimum atomic E-state index is -0.509. The molecule has 0 bridgehead atoms. The van der Waals surface area contributed by atoms with Crippen molar-refractivity contribution >= 4 is 40.5 Å². The highest BCUT2D eigenvalue weighted by Crippen LogP contribution is 2.30. The summed E-state index contributed by atoms with van der Waals surface area (Å²) in [5, 5.41) is 5.80. The number of halogens is 1. The fraction of sp³-hybridized carbons (Fsp3) is 0.150. The number of anilines is 1. The van der Waals surface area contributed by atoms with Crippen LogP contribution in [0.25, 0.3) is 10.6 Å². The van der Waals surface area contributed by atoms with Gasteiger partial charge in [-0.25, -0.2) is 4.98 Å². The fourth-order valence-electron chi connectivity index (χ4n) is 2.33. The largest absolute Gasteiger partial charge is 0.455 e. The number of rotatable bonds is 6. The van der Waals surface area contributed by atoms with E-state index >= 15 is 0 Å². The first-order valence-electron chi connectivity index (χ1n) is 8.23. The van der Waals surface area contributed by atoms with Gasteiger partial charge in [-0.3, -0.25) is 9.59 Å². The van der Waals surface area contributed by atoms with Crippen molar-refractivity contribution in [3.8, 4) is 10.6 Å². The van der Waals surface area contributed by atoms with Crippen LogP contribution in [0.5, 0.6) is 0 Å². The molecule has 7 heteroatoms. The van der Waals surface area contributed by atoms with Gasteiger partial charge in [-0.15, -0.1) is 11.3 Å². The lowest BCUT2D eigenvalue weighted by atomic mass is 10.2. The molecule has 0 atom stereocenters. The Morgan fingerprint density at radius 2 is 1.89 bits per heavy atom. The molecule has 0 spiro atoms. The molecule has 138 valence electrons. The SMILES string of the molecule is Cc1ccc(NC(=O)COC(=O)Cc2csc(-c3ccccc3Cl)n2)cc1. The van der Waals surface area contributed by atoms with E-state index in [9.17, 15) is 9.59 Å². The molecule has 0 radical (unpaired) electrons. The first-order chi connectivity index (χ1) is 13.0. The summed E-state index contributed by atoms with van der Waals surface area (Å²) in [6.45, 7) is 1.62. The van der Waals surface area contributed by atoms with Gasteiger partial charge < -0.3 is 10.1 Å². The van der Waals surface area contributed by atoms with Crippen LogP contribution in [0.2, 0.25) is 5.02 Å². The van der Waals surface area contributed by atoms with Crippen LogP contribution in [0, 0.1) is 6.92 Å². The molecule has 0 fully saturated rings. The zero-order valence-electron chi connectivity index (χ0n) is 14.6. The third kappa shape index (κ3) is 5.39. The van der Waals surface area contributed by atoms with Gasteiger partial charge in [0.15, 0.2) is 6.61 Å². The monoisotopic (exact) mass is 400 g/mol. The van der Waals surface area contributed by atoms with E-state index in [-0.39, 0.29) is 18.9 Å². The maximum absolute atomic E-state index is 12.0. The maximum Gasteiger partial charge on any atom is 0.312 e. The Hall–Kier alpha value is -2.70. The number of amides is 1. The van der Waals surface area contributed by atoms with E-state index in [1.165, 1.54) is 11.3 Å². The zero-order chi connectivity index (χ0) is 19.2. The van der Waals surface area contributed by atoms with Crippen LogP contribution in [0.1, 0.15) is 11.3 Å². The number of hydrogen-bond donors (Lipinski definition) is 1. The van der Waals surface area contributed by atoms with Crippen molar-refractivity contribution in [2.45, 2.75) is 13.3 Å². The Labute approximate surface area is 166 Å². The number of esters is 1. The predicted molar refractivity (Wildman–Crippen MR) is 107 cm³/mol. The van der Waals surface area contributed by atoms with Gasteiger partial charge in [0.05, 0.1) is 17.1 Å². The Morgan fingerprint density at radius 1 is 1.15 bits per heavy atom. The van der Waals surface area contributed by atoms with E-state index in [1.54, 1.807) is 23.6 Å². The molecule has 1 amide bonds. The number of aryl methyl sites for hydroxylation is 1. The minimum Gasteiger partial charge on any atom is -0.455 e. The van der Waals surface area contributed by atoms with Crippen LogP contribution in [-0.4, -0.2) is 23.5 Å². The molecule has 1 N–H and O–H groups in total. The molecule has 0 aliphatic rings. The number of nitrogens with one attached hydrogen (secondary N) is 1. The first kappa shape index (κ1) is 19.1. The molecule has 0 saturated carbocycles. The zero-order valence-corrected chi connectivity index (χ0v) is 16.1. The number of thiazole rings is 1. The van der Waals surface area contributed by atoms with Crippen LogP contribution in [-0.2, 0) is 20.7 Å². The summed E-state index contributed by atoms with van der Waals surface area (Å²) < 4.78 is 5.03. The lowest BCUT2D eigenvalue weighted by Gasteiger charge is -2.06. The molecule has 0 aliphatic carbocycles. The third-order valence-electron chi connectivity index (χ3n) is 3.68. The topological polar surface area (TPSA) is 68.3 Å². The molecule has 0 saturated heterocycles. The quantitative estimate of drug-likeness (QED) is 0.619. The molecule has 27 heavy (non-hydrogen) atoms. The standard InChI is InChI=1S/C20H17ClN2O3S/c1-13-6-8-14(9-7-13)22-18(24)11-26-19(25)10-15-12-27-20(23-15)16-4-2-3-5-17(16)21/h2-9,12H,10-11H2,1H3,(H,22,24). The second-order valence-electron chi connectivity index (χ2n) is 5.88. The summed E-state index contributed by atoms with van der Waals surface area (Å²) in [6.07, 6.45) is -0.00123. The van der Waals surface area contributed by atoms with E-state index in [0.717, 1.165) is 16.1 Å². The van der Waals surface area contributed by atoms with E-state index in [0.29, 0.717) is 16.4 Å². The molecule has 1 aromatic heterocycles. The number of carbonyl (C=O) groups is 2. The summed E-state index contributed by atoms with van der Waals surface area (Å²) in [7, 11) is 0. The predicted octanol–water partition coefficient (Wildman–Crippen LogP) is 4.50. The van der Waals surface area contributed by atoms with Crippen molar-refractivity contribution in [2.75, 3.05) is 11.9 Å². The molecule has 5 nitrogen and oxygen atoms in total. The van der Waals surface area contributed by atoms with Crippen LogP contribution in [0.3, 0.4) is 0 Å². The van der Waals surface area contributed by atoms with E-state index in [2.05, 4.69) is 10.3 Å². The van der Waals surface area contributed by atoms with Gasteiger partial charge in [-0.05, 0) is 25.1 Å². The minimum absolute atomic E-state index is 0.00123. The van der Waals surface area contributed by atoms with Crippen molar-refractivity contribution in [1.29, 1.82) is 0 Å². The molecular formula is C20H17ClN2O3S. The molecule has 1 heterocycles. The summed E-state index contributed by atoms with van der Waals surface area (Å²) in [5.74, 6) is -0.896. The van der Waals surface area contributed by atoms with Crippen LogP contribution in [0.15, 0.2) is 53.9 Å². The van der Waals surface area contributed by atoms with Gasteiger partial charge >= 0.3 is 5.97 Å². The van der Waals surface area contributed by atoms with Gasteiger partial charge in [-0.1, -0.05) is 47.5 Å². The number of nitrogens with zero attached hydrogens (tertiary/aromatic N) is 1. The van der Waals surface area contributed by atoms with E-state index in [1.807, 2.05) is 37.3 Å². The fourth-order valence-corrected chi connectivity index (χ4v) is 3.47. The van der Waals surface area contributed by atoms with Gasteiger partial charge in [-0.2, -0.15) is 0 Å². The highest BCUT2D eigenvalue weighted by molar-refractivity contribution is 7.13. The third-order valence-corrected chi connectivity index (χ3v) is 4.94. The smallest absolute Gasteiger partial charge is 0.312 e. The summed E-state index contributed by atoms with van der Waals surface area (Å²) in [4.78, 5) is 28.2. The summed E-state index contributed by atoms with van der Waals surface area (Å²) in [6, 6.07) is 14.8. The summed E-state index contributed by atoms with van der Waals surface area (Å²) >= 11 is 7.57. The van der Waals surface area contributed by atoms with Crippen LogP contribution >= 0.6 is 22.9 Å². The molecular weight excluding hydrogens is 384 g/mol. The van der Waals surface area contributed by atoms with E-state index < -0.39 is 5.97 Å². The van der Waals surface area contributed by atoms with Crippen molar-refractivity contribution < 1.29 is 14.3 Å². The first-order valence-corrected chi connectivity index (χ1v) is 9.48. The molecule has 3 rings (SSSR count). The molecule has 2 aromatic carbocycles. The Kier molecular flexibility index (Phi) is 6.21. The lowest BCUT2D eigenvalue weighted by Crippen LogP contribution is -2.21. The Morgan fingerprint density at radius 3 is 2.63 bits per heavy atom. The second kappa shape index (κ2) is 8.79. The maximum atomic E-state index is 12.0. The van der Waals surface area contributed by atoms with Gasteiger partial charge in [0.1, 0.15) is 5.01 Å². The van der Waals surface area contributed by atoms with Gasteiger partial charge in [0, 0.05) is 16.6 Å². The molecule has 0 aliphatic heterocycles. The lowest BCUT2D eigenvalue weighted by molar-refractivity contribution is -0.146. The number of carbonyl (C=O) groups excluding carboxylic acids is 2. The van der Waals surface area contributed by atoms with Crippen LogP contribution < -0.4 is 5.32 Å². The summed E-state index contributed by atoms with van der Waals surface area (Å²) in [5.41, 5.74) is 3.16. The second-order valence-corrected chi connectivity index (χ2v) is 7.14. The van der Waals surface area contributed by atoms with Crippen molar-refractivity contribution in [3.05, 3.63) is 70.2 Å². The van der Waals surface area contributed by atoms with Crippen molar-refractivity contribution in [3.63, 3.8) is 0 Å². The highest BCUT2D eigenvalue weighted by Gasteiger charge is 2.13. The number of aromatic nitrogens is 1. The van der Waals surface area contributed by atoms with Crippen molar-refractivity contribution in [2.24, 2.45) is 0 Å². The average Bonchev–Trinajstić information content (AvgIpc) is 3.10.